The number of esters is 1. The molecule has 2 heterocycles. The molecule has 5 heteroatoms. The number of nitrogens with zero attached hydrogens (tertiary/aromatic N) is 2. The smallest absolute Gasteiger partial charge is 0.322 e. The molecule has 1 aliphatic heterocycles. The number of methoxy groups -OCH3 is 1. The third-order valence-electron chi connectivity index (χ3n) is 4.60. The number of hydrogen-bond donors (Lipinski definition) is 1. The molecule has 1 N–H and O–H groups in total. The number of carbonyl (C=O) groups is 1. The van der Waals surface area contributed by atoms with Crippen molar-refractivity contribution in [3.63, 3.8) is 0 Å². The summed E-state index contributed by atoms with van der Waals surface area (Å²) in [5, 5.41) is 3.44. The Morgan fingerprint density at radius 1 is 1.41 bits per heavy atom. The zero-order valence-electron chi connectivity index (χ0n) is 13.8. The van der Waals surface area contributed by atoms with Crippen LogP contribution in [0, 0.1) is 0 Å². The molecule has 0 saturated carbocycles. The summed E-state index contributed by atoms with van der Waals surface area (Å²) in [6.45, 7) is 6.33. The van der Waals surface area contributed by atoms with Crippen LogP contribution in [0.15, 0.2) is 24.5 Å². The molecule has 0 bridgehead atoms. The number of pyridine rings is 1. The minimum absolute atomic E-state index is 0.157. The van der Waals surface area contributed by atoms with Gasteiger partial charge in [0.05, 0.1) is 7.11 Å². The van der Waals surface area contributed by atoms with Crippen LogP contribution in [0.3, 0.4) is 0 Å². The normalized spacial score (nSPS) is 19.6. The Labute approximate surface area is 133 Å². The number of carbonyl (C=O) groups excluding carboxylic acids is 1. The third kappa shape index (κ3) is 4.27. The van der Waals surface area contributed by atoms with Gasteiger partial charge in [0.2, 0.25) is 0 Å². The molecular weight excluding hydrogens is 278 g/mol. The number of piperidine rings is 1. The molecule has 1 saturated heterocycles. The van der Waals surface area contributed by atoms with Crippen LogP contribution >= 0.6 is 0 Å². The molecule has 0 unspecified atom stereocenters. The number of likely N-dealkylation sites (tertiary alicyclic amines) is 1. The fourth-order valence-corrected chi connectivity index (χ4v) is 3.09. The lowest BCUT2D eigenvalue weighted by molar-refractivity contribution is -0.143. The van der Waals surface area contributed by atoms with E-state index in [1.807, 2.05) is 19.3 Å². The van der Waals surface area contributed by atoms with Crippen molar-refractivity contribution in [2.45, 2.75) is 51.2 Å². The summed E-state index contributed by atoms with van der Waals surface area (Å²) < 4.78 is 4.84. The summed E-state index contributed by atoms with van der Waals surface area (Å²) in [5.41, 5.74) is 1.31. The van der Waals surface area contributed by atoms with Crippen molar-refractivity contribution in [1.29, 1.82) is 0 Å². The molecule has 1 fully saturated rings. The van der Waals surface area contributed by atoms with E-state index in [1.54, 1.807) is 0 Å². The first kappa shape index (κ1) is 16.9. The summed E-state index contributed by atoms with van der Waals surface area (Å²) in [4.78, 5) is 18.2. The van der Waals surface area contributed by atoms with E-state index in [-0.39, 0.29) is 12.0 Å². The van der Waals surface area contributed by atoms with E-state index in [0.717, 1.165) is 32.4 Å². The molecule has 1 aromatic rings. The van der Waals surface area contributed by atoms with Crippen LogP contribution in [0.4, 0.5) is 0 Å². The largest absolute Gasteiger partial charge is 0.468 e. The highest BCUT2D eigenvalue weighted by Gasteiger charge is 2.26. The topological polar surface area (TPSA) is 54.5 Å². The number of hydrogen-bond acceptors (Lipinski definition) is 5. The van der Waals surface area contributed by atoms with E-state index in [0.29, 0.717) is 12.1 Å². The maximum Gasteiger partial charge on any atom is 0.322 e. The summed E-state index contributed by atoms with van der Waals surface area (Å²) in [6.07, 6.45) is 6.58. The van der Waals surface area contributed by atoms with Gasteiger partial charge in [0.25, 0.3) is 0 Å². The van der Waals surface area contributed by atoms with E-state index in [2.05, 4.69) is 34.3 Å². The lowest BCUT2D eigenvalue weighted by Gasteiger charge is -2.37. The second kappa shape index (κ2) is 8.25. The predicted molar refractivity (Wildman–Crippen MR) is 86.5 cm³/mol. The van der Waals surface area contributed by atoms with E-state index >= 15 is 0 Å². The molecular formula is C17H27N3O2. The van der Waals surface area contributed by atoms with Crippen molar-refractivity contribution >= 4 is 5.97 Å². The fourth-order valence-electron chi connectivity index (χ4n) is 3.09. The third-order valence-corrected chi connectivity index (χ3v) is 4.60. The quantitative estimate of drug-likeness (QED) is 0.816. The van der Waals surface area contributed by atoms with Crippen molar-refractivity contribution in [2.24, 2.45) is 0 Å². The maximum atomic E-state index is 11.7. The summed E-state index contributed by atoms with van der Waals surface area (Å²) in [7, 11) is 1.45. The predicted octanol–water partition coefficient (Wildman–Crippen LogP) is 2.15. The first-order valence-electron chi connectivity index (χ1n) is 8.13. The van der Waals surface area contributed by atoms with Gasteiger partial charge in [0, 0.05) is 37.6 Å². The Kier molecular flexibility index (Phi) is 6.34. The van der Waals surface area contributed by atoms with Crippen LogP contribution in [-0.4, -0.2) is 48.1 Å². The molecule has 1 aliphatic rings. The van der Waals surface area contributed by atoms with Crippen molar-refractivity contribution in [1.82, 2.24) is 15.2 Å². The minimum Gasteiger partial charge on any atom is -0.468 e. The average molecular weight is 305 g/mol. The molecule has 2 rings (SSSR count). The van der Waals surface area contributed by atoms with Crippen molar-refractivity contribution in [2.75, 3.05) is 20.2 Å². The van der Waals surface area contributed by atoms with Crippen LogP contribution in [0.25, 0.3) is 0 Å². The van der Waals surface area contributed by atoms with Gasteiger partial charge in [-0.3, -0.25) is 14.7 Å². The molecule has 0 aliphatic carbocycles. The number of ether oxygens (including phenoxy) is 1. The van der Waals surface area contributed by atoms with Crippen molar-refractivity contribution < 1.29 is 9.53 Å². The highest BCUT2D eigenvalue weighted by atomic mass is 16.5. The first-order valence-corrected chi connectivity index (χ1v) is 8.13. The second-order valence-electron chi connectivity index (χ2n) is 5.92. The van der Waals surface area contributed by atoms with E-state index in [9.17, 15) is 4.79 Å². The molecule has 1 aromatic heterocycles. The lowest BCUT2D eigenvalue weighted by atomic mass is 9.99. The molecule has 0 radical (unpaired) electrons. The molecule has 122 valence electrons. The lowest BCUT2D eigenvalue weighted by Crippen LogP contribution is -2.49. The van der Waals surface area contributed by atoms with E-state index in [4.69, 9.17) is 4.74 Å². The molecule has 22 heavy (non-hydrogen) atoms. The maximum absolute atomic E-state index is 11.7. The van der Waals surface area contributed by atoms with Crippen molar-refractivity contribution in [3.8, 4) is 0 Å². The number of rotatable bonds is 6. The molecule has 5 nitrogen and oxygen atoms in total. The minimum atomic E-state index is -0.181. The summed E-state index contributed by atoms with van der Waals surface area (Å²) in [5.74, 6) is -0.157. The first-order chi connectivity index (χ1) is 10.7. The van der Waals surface area contributed by atoms with Crippen LogP contribution in [0.5, 0.6) is 0 Å². The van der Waals surface area contributed by atoms with Crippen LogP contribution < -0.4 is 5.32 Å². The fraction of sp³-hybridized carbons (Fsp3) is 0.647. The molecule has 0 amide bonds. The van der Waals surface area contributed by atoms with Crippen molar-refractivity contribution in [3.05, 3.63) is 30.1 Å². The van der Waals surface area contributed by atoms with Crippen LogP contribution in [-0.2, 0) is 9.53 Å². The van der Waals surface area contributed by atoms with E-state index < -0.39 is 0 Å². The number of aromatic nitrogens is 1. The molecule has 0 aromatic carbocycles. The molecule has 0 spiro atoms. The Morgan fingerprint density at radius 2 is 2.05 bits per heavy atom. The average Bonchev–Trinajstić information content (AvgIpc) is 2.59. The number of nitrogens with one attached hydrogen (secondary N) is 1. The molecule has 2 atom stereocenters. The van der Waals surface area contributed by atoms with Gasteiger partial charge < -0.3 is 10.1 Å². The standard InChI is InChI=1S/C17H27N3O2/c1-4-16(17(21)22-3)19-15-7-11-20(12-8-15)13(2)14-5-9-18-10-6-14/h5-6,9-10,13,15-16,19H,4,7-8,11-12H2,1-3H3/t13-,16-/m0/s1. The highest BCUT2D eigenvalue weighted by Crippen LogP contribution is 2.24. The van der Waals surface area contributed by atoms with Gasteiger partial charge in [-0.25, -0.2) is 0 Å². The van der Waals surface area contributed by atoms with Crippen LogP contribution in [0.1, 0.15) is 44.7 Å². The summed E-state index contributed by atoms with van der Waals surface area (Å²) >= 11 is 0. The Hall–Kier alpha value is -1.46. The highest BCUT2D eigenvalue weighted by molar-refractivity contribution is 5.75. The van der Waals surface area contributed by atoms with Gasteiger partial charge in [0.1, 0.15) is 6.04 Å². The zero-order valence-corrected chi connectivity index (χ0v) is 13.8. The zero-order chi connectivity index (χ0) is 15.9. The van der Waals surface area contributed by atoms with Gasteiger partial charge in [-0.2, -0.15) is 0 Å². The Morgan fingerprint density at radius 3 is 2.59 bits per heavy atom. The Bertz CT molecular complexity index is 458. The van der Waals surface area contributed by atoms with Crippen LogP contribution in [0.2, 0.25) is 0 Å². The Balaban J connectivity index is 1.84. The second-order valence-corrected chi connectivity index (χ2v) is 5.92. The van der Waals surface area contributed by atoms with E-state index in [1.165, 1.54) is 12.7 Å². The van der Waals surface area contributed by atoms with Gasteiger partial charge in [-0.15, -0.1) is 0 Å². The summed E-state index contributed by atoms with van der Waals surface area (Å²) in [6, 6.07) is 4.79. The SMILES string of the molecule is CC[C@H](NC1CCN([C@@H](C)c2ccncc2)CC1)C(=O)OC. The van der Waals surface area contributed by atoms with Gasteiger partial charge in [0.15, 0.2) is 0 Å². The van der Waals surface area contributed by atoms with Gasteiger partial charge >= 0.3 is 5.97 Å². The van der Waals surface area contributed by atoms with Gasteiger partial charge in [-0.05, 0) is 43.9 Å². The monoisotopic (exact) mass is 305 g/mol. The van der Waals surface area contributed by atoms with Gasteiger partial charge in [-0.1, -0.05) is 6.92 Å².